The number of rotatable bonds is 7. The molecule has 2 aromatic carbocycles. The van der Waals surface area contributed by atoms with Crippen LogP contribution in [0.2, 0.25) is 0 Å². The molecule has 8 nitrogen and oxygen atoms in total. The average Bonchev–Trinajstić information content (AvgIpc) is 3.42. The van der Waals surface area contributed by atoms with Crippen LogP contribution in [0.3, 0.4) is 0 Å². The maximum Gasteiger partial charge on any atom is 0.414 e. The van der Waals surface area contributed by atoms with Gasteiger partial charge in [0.15, 0.2) is 0 Å². The minimum atomic E-state index is -0.347. The number of aromatic nitrogens is 1. The number of pyridine rings is 1. The van der Waals surface area contributed by atoms with E-state index in [0.717, 1.165) is 53.1 Å². The van der Waals surface area contributed by atoms with E-state index in [2.05, 4.69) is 28.8 Å². The van der Waals surface area contributed by atoms with Crippen LogP contribution in [-0.4, -0.2) is 48.1 Å². The van der Waals surface area contributed by atoms with Crippen LogP contribution in [0, 0.1) is 0 Å². The van der Waals surface area contributed by atoms with Crippen molar-refractivity contribution in [3.05, 3.63) is 64.4 Å². The van der Waals surface area contributed by atoms with Crippen molar-refractivity contribution in [1.29, 1.82) is 0 Å². The van der Waals surface area contributed by atoms with Crippen molar-refractivity contribution in [1.82, 2.24) is 9.88 Å². The van der Waals surface area contributed by atoms with Gasteiger partial charge in [0.1, 0.15) is 6.10 Å². The van der Waals surface area contributed by atoms with Gasteiger partial charge in [0.2, 0.25) is 5.91 Å². The molecule has 1 aromatic heterocycles. The second-order valence-corrected chi connectivity index (χ2v) is 10.3. The van der Waals surface area contributed by atoms with Gasteiger partial charge in [0, 0.05) is 35.7 Å². The number of para-hydroxylation sites is 1. The first-order valence-corrected chi connectivity index (χ1v) is 12.9. The highest BCUT2D eigenvalue weighted by Crippen LogP contribution is 2.36. The van der Waals surface area contributed by atoms with E-state index in [4.69, 9.17) is 4.74 Å². The van der Waals surface area contributed by atoms with Gasteiger partial charge in [-0.1, -0.05) is 18.2 Å². The summed E-state index contributed by atoms with van der Waals surface area (Å²) in [5.41, 5.74) is 3.83. The summed E-state index contributed by atoms with van der Waals surface area (Å²) in [6.45, 7) is 2.82. The molecule has 2 N–H and O–H groups in total. The van der Waals surface area contributed by atoms with Crippen LogP contribution in [0.1, 0.15) is 24.3 Å². The number of benzene rings is 2. The van der Waals surface area contributed by atoms with Gasteiger partial charge in [-0.3, -0.25) is 14.5 Å². The van der Waals surface area contributed by atoms with E-state index in [0.29, 0.717) is 18.8 Å². The molecule has 1 saturated heterocycles. The van der Waals surface area contributed by atoms with Gasteiger partial charge in [-0.25, -0.2) is 4.79 Å². The molecular weight excluding hydrogens is 464 g/mol. The Morgan fingerprint density at radius 3 is 2.91 bits per heavy atom. The second kappa shape index (κ2) is 9.05. The smallest absolute Gasteiger partial charge is 0.414 e. The number of cyclic esters (lactones) is 1. The molecule has 35 heavy (non-hydrogen) atoms. The van der Waals surface area contributed by atoms with Gasteiger partial charge in [-0.2, -0.15) is 0 Å². The van der Waals surface area contributed by atoms with E-state index in [1.54, 1.807) is 11.0 Å². The van der Waals surface area contributed by atoms with Crippen molar-refractivity contribution in [2.75, 3.05) is 35.6 Å². The molecule has 2 unspecified atom stereocenters. The molecule has 3 aromatic rings. The number of fused-ring (bicyclic) bond motifs is 1. The molecule has 9 heteroatoms. The van der Waals surface area contributed by atoms with Gasteiger partial charge in [-0.05, 0) is 54.6 Å². The molecule has 3 aliphatic rings. The van der Waals surface area contributed by atoms with E-state index in [-0.39, 0.29) is 29.6 Å². The standard InChI is InChI=1S/C26H26N4O4S/c31-23-15-35-22-8-7-18(11-21(22)28-23)29-14-19(34-26(29)33)4-2-10-27-12-17-13-30-24(32)9-6-16-3-1-5-20(17)25(16)30/h1,3,5-9,11,17,19,27H,2,4,10,12-15H2,(H,28,31). The molecule has 1 fully saturated rings. The number of nitrogens with zero attached hydrogens (tertiary/aromatic N) is 2. The average molecular weight is 491 g/mol. The fourth-order valence-corrected chi connectivity index (χ4v) is 6.03. The number of amides is 2. The van der Waals surface area contributed by atoms with E-state index in [1.165, 1.54) is 17.3 Å². The number of ether oxygens (including phenoxy) is 1. The Kier molecular flexibility index (Phi) is 5.74. The van der Waals surface area contributed by atoms with Gasteiger partial charge in [-0.15, -0.1) is 11.8 Å². The number of hydrogen-bond donors (Lipinski definition) is 2. The fourth-order valence-electron chi connectivity index (χ4n) is 5.24. The highest BCUT2D eigenvalue weighted by molar-refractivity contribution is 8.00. The first-order valence-electron chi connectivity index (χ1n) is 11.9. The van der Waals surface area contributed by atoms with Crippen LogP contribution >= 0.6 is 11.8 Å². The SMILES string of the molecule is O=C1CSc2ccc(N3CC(CCCNCC4Cn5c(=O)ccc6cccc4c65)OC3=O)cc2N1. The Labute approximate surface area is 206 Å². The molecule has 2 atom stereocenters. The molecule has 0 spiro atoms. The third-order valence-corrected chi connectivity index (χ3v) is 8.01. The summed E-state index contributed by atoms with van der Waals surface area (Å²) >= 11 is 1.50. The predicted octanol–water partition coefficient (Wildman–Crippen LogP) is 3.54. The van der Waals surface area contributed by atoms with Crippen molar-refractivity contribution in [2.24, 2.45) is 0 Å². The first kappa shape index (κ1) is 22.2. The van der Waals surface area contributed by atoms with Crippen molar-refractivity contribution >= 4 is 46.0 Å². The van der Waals surface area contributed by atoms with Gasteiger partial charge in [0.25, 0.3) is 5.56 Å². The lowest BCUT2D eigenvalue weighted by molar-refractivity contribution is -0.113. The molecule has 0 radical (unpaired) electrons. The Morgan fingerprint density at radius 1 is 1.09 bits per heavy atom. The van der Waals surface area contributed by atoms with Crippen molar-refractivity contribution in [2.45, 2.75) is 36.3 Å². The number of thioether (sulfide) groups is 1. The van der Waals surface area contributed by atoms with Gasteiger partial charge < -0.3 is 19.9 Å². The molecule has 0 aliphatic carbocycles. The Balaban J connectivity index is 1.00. The topological polar surface area (TPSA) is 92.7 Å². The zero-order valence-electron chi connectivity index (χ0n) is 19.2. The molecule has 4 heterocycles. The minimum Gasteiger partial charge on any atom is -0.444 e. The lowest BCUT2D eigenvalue weighted by atomic mass is 10.00. The van der Waals surface area contributed by atoms with Crippen molar-refractivity contribution < 1.29 is 14.3 Å². The maximum absolute atomic E-state index is 12.5. The summed E-state index contributed by atoms with van der Waals surface area (Å²) in [5.74, 6) is 0.659. The van der Waals surface area contributed by atoms with E-state index >= 15 is 0 Å². The van der Waals surface area contributed by atoms with Crippen LogP contribution in [0.25, 0.3) is 10.9 Å². The summed E-state index contributed by atoms with van der Waals surface area (Å²) in [6, 6.07) is 15.5. The molecule has 6 rings (SSSR count). The van der Waals surface area contributed by atoms with Crippen LogP contribution in [0.4, 0.5) is 16.2 Å². The van der Waals surface area contributed by atoms with Crippen LogP contribution in [0.5, 0.6) is 0 Å². The summed E-state index contributed by atoms with van der Waals surface area (Å²) in [4.78, 5) is 39.1. The summed E-state index contributed by atoms with van der Waals surface area (Å²) < 4.78 is 7.48. The summed E-state index contributed by atoms with van der Waals surface area (Å²) in [6.07, 6.45) is 1.14. The normalized spacial score (nSPS) is 20.7. The number of nitrogens with one attached hydrogen (secondary N) is 2. The molecule has 180 valence electrons. The number of carbonyl (C=O) groups is 2. The number of hydrogen-bond acceptors (Lipinski definition) is 6. The molecule has 2 amide bonds. The zero-order valence-corrected chi connectivity index (χ0v) is 20.0. The Hall–Kier alpha value is -3.30. The van der Waals surface area contributed by atoms with Gasteiger partial charge in [0.05, 0.1) is 23.5 Å². The van der Waals surface area contributed by atoms with Crippen molar-refractivity contribution in [3.8, 4) is 0 Å². The van der Waals surface area contributed by atoms with Crippen molar-refractivity contribution in [3.63, 3.8) is 0 Å². The highest BCUT2D eigenvalue weighted by atomic mass is 32.2. The monoisotopic (exact) mass is 490 g/mol. The highest BCUT2D eigenvalue weighted by Gasteiger charge is 2.32. The maximum atomic E-state index is 12.5. The van der Waals surface area contributed by atoms with Crippen LogP contribution in [-0.2, 0) is 16.1 Å². The second-order valence-electron chi connectivity index (χ2n) is 9.24. The lowest BCUT2D eigenvalue weighted by Crippen LogP contribution is -2.26. The van der Waals surface area contributed by atoms with Crippen LogP contribution in [0.15, 0.2) is 58.2 Å². The van der Waals surface area contributed by atoms with E-state index in [1.807, 2.05) is 28.8 Å². The third-order valence-electron chi connectivity index (χ3n) is 6.93. The molecule has 0 saturated carbocycles. The summed E-state index contributed by atoms with van der Waals surface area (Å²) in [5, 5.41) is 7.51. The lowest BCUT2D eigenvalue weighted by Gasteiger charge is -2.20. The Morgan fingerprint density at radius 2 is 2.00 bits per heavy atom. The molecular formula is C26H26N4O4S. The minimum absolute atomic E-state index is 0.0285. The quantitative estimate of drug-likeness (QED) is 0.492. The fraction of sp³-hybridized carbons (Fsp3) is 0.346. The Bertz CT molecular complexity index is 1390. The number of anilines is 2. The molecule has 0 bridgehead atoms. The van der Waals surface area contributed by atoms with Gasteiger partial charge >= 0.3 is 6.09 Å². The molecule has 3 aliphatic heterocycles. The first-order chi connectivity index (χ1) is 17.1. The third kappa shape index (κ3) is 4.19. The largest absolute Gasteiger partial charge is 0.444 e. The summed E-state index contributed by atoms with van der Waals surface area (Å²) in [7, 11) is 0. The van der Waals surface area contributed by atoms with Crippen LogP contribution < -0.4 is 21.1 Å². The van der Waals surface area contributed by atoms with E-state index in [9.17, 15) is 14.4 Å². The van der Waals surface area contributed by atoms with E-state index < -0.39 is 0 Å². The predicted molar refractivity (Wildman–Crippen MR) is 136 cm³/mol. The zero-order chi connectivity index (χ0) is 23.9. The number of carbonyl (C=O) groups excluding carboxylic acids is 2.